The van der Waals surface area contributed by atoms with E-state index in [4.69, 9.17) is 14.2 Å². The smallest absolute Gasteiger partial charge is 0.338 e. The number of aliphatic imine (C=N–C) groups is 1. The number of carbonyl (C=O) groups is 4. The Morgan fingerprint density at radius 2 is 1.91 bits per heavy atom. The first-order valence-corrected chi connectivity index (χ1v) is 13.4. The molecule has 2 aromatic carbocycles. The van der Waals surface area contributed by atoms with Crippen LogP contribution < -0.4 is 15.5 Å². The van der Waals surface area contributed by atoms with Gasteiger partial charge in [0.1, 0.15) is 11.7 Å². The second-order valence-electron chi connectivity index (χ2n) is 9.76. The van der Waals surface area contributed by atoms with Gasteiger partial charge in [-0.05, 0) is 49.2 Å². The summed E-state index contributed by atoms with van der Waals surface area (Å²) in [7, 11) is 1.19. The number of esters is 2. The van der Waals surface area contributed by atoms with Crippen molar-refractivity contribution in [1.29, 1.82) is 0 Å². The number of nitrogens with one attached hydrogen (secondary N) is 2. The first kappa shape index (κ1) is 31.3. The van der Waals surface area contributed by atoms with E-state index in [9.17, 15) is 29.3 Å². The molecule has 14 heteroatoms. The van der Waals surface area contributed by atoms with Crippen LogP contribution in [0.3, 0.4) is 0 Å². The van der Waals surface area contributed by atoms with E-state index >= 15 is 0 Å². The number of hydrogen-bond acceptors (Lipinski definition) is 11. The fraction of sp³-hybridized carbons (Fsp3) is 0.267. The number of allylic oxidation sites excluding steroid dienone is 1. The topological polar surface area (TPSA) is 188 Å². The number of ether oxygens (including phenoxy) is 3. The molecule has 0 aliphatic carbocycles. The number of nitro benzene ring substituents is 1. The van der Waals surface area contributed by atoms with Gasteiger partial charge in [0.25, 0.3) is 5.69 Å². The van der Waals surface area contributed by atoms with Crippen molar-refractivity contribution in [3.05, 3.63) is 93.4 Å². The molecule has 0 spiro atoms. The minimum Gasteiger partial charge on any atom is -0.468 e. The summed E-state index contributed by atoms with van der Waals surface area (Å²) < 4.78 is 16.1. The van der Waals surface area contributed by atoms with Crippen LogP contribution in [0.1, 0.15) is 43.7 Å². The highest BCUT2D eigenvalue weighted by Crippen LogP contribution is 2.41. The fourth-order valence-corrected chi connectivity index (χ4v) is 4.90. The van der Waals surface area contributed by atoms with E-state index in [1.54, 1.807) is 44.2 Å². The fourth-order valence-electron chi connectivity index (χ4n) is 4.90. The molecule has 2 aromatic rings. The molecule has 0 bridgehead atoms. The van der Waals surface area contributed by atoms with Gasteiger partial charge in [0.05, 0.1) is 29.6 Å². The maximum Gasteiger partial charge on any atom is 0.338 e. The lowest BCUT2D eigenvalue weighted by Crippen LogP contribution is -2.38. The van der Waals surface area contributed by atoms with Gasteiger partial charge in [0.15, 0.2) is 6.23 Å². The lowest BCUT2D eigenvalue weighted by atomic mass is 9.75. The monoisotopic (exact) mass is 603 g/mol. The molecule has 0 radical (unpaired) electrons. The molecular weight excluding hydrogens is 574 g/mol. The van der Waals surface area contributed by atoms with Crippen molar-refractivity contribution in [3.8, 4) is 5.75 Å². The van der Waals surface area contributed by atoms with E-state index < -0.39 is 34.9 Å². The summed E-state index contributed by atoms with van der Waals surface area (Å²) in [5.41, 5.74) is 4.62. The molecule has 0 aromatic heterocycles. The van der Waals surface area contributed by atoms with E-state index in [1.807, 2.05) is 0 Å². The molecule has 2 aliphatic heterocycles. The zero-order valence-electron chi connectivity index (χ0n) is 24.0. The highest BCUT2D eigenvalue weighted by molar-refractivity contribution is 6.07. The minimum atomic E-state index is -1.28. The predicted octanol–water partition coefficient (Wildman–Crippen LogP) is 3.04. The minimum absolute atomic E-state index is 0.0316. The van der Waals surface area contributed by atoms with Gasteiger partial charge >= 0.3 is 11.9 Å². The standard InChI is InChI=1S/C30H29N5O9/c1-17-26(29(38)42-3)28(20-5-4-6-21(15-20)35(40)41)27(18(2)32-17)30(39)44-25(31-16-36)13-14-43-22-9-7-19(8-10-22)23-11-12-24(37)34-33-23/h4-10,13-16,25-26,28H,11-12H2,1-3H3,(H,31,36)(H,34,37). The van der Waals surface area contributed by atoms with Gasteiger partial charge in [-0.2, -0.15) is 5.10 Å². The molecule has 14 nitrogen and oxygen atoms in total. The van der Waals surface area contributed by atoms with Gasteiger partial charge in [0.2, 0.25) is 12.3 Å². The van der Waals surface area contributed by atoms with Crippen LogP contribution in [0.25, 0.3) is 0 Å². The van der Waals surface area contributed by atoms with Crippen LogP contribution in [0.4, 0.5) is 5.69 Å². The van der Waals surface area contributed by atoms with Gasteiger partial charge in [-0.25, -0.2) is 10.2 Å². The average Bonchev–Trinajstić information content (AvgIpc) is 3.01. The Kier molecular flexibility index (Phi) is 9.96. The summed E-state index contributed by atoms with van der Waals surface area (Å²) >= 11 is 0. The van der Waals surface area contributed by atoms with Gasteiger partial charge in [-0.15, -0.1) is 0 Å². The Labute approximate surface area is 251 Å². The second-order valence-corrected chi connectivity index (χ2v) is 9.76. The number of hydrogen-bond donors (Lipinski definition) is 2. The molecule has 3 unspecified atom stereocenters. The molecule has 0 saturated heterocycles. The lowest BCUT2D eigenvalue weighted by Gasteiger charge is -2.31. The summed E-state index contributed by atoms with van der Waals surface area (Å²) in [5, 5.41) is 17.9. The van der Waals surface area contributed by atoms with E-state index in [0.29, 0.717) is 36.3 Å². The zero-order valence-corrected chi connectivity index (χ0v) is 24.0. The molecule has 228 valence electrons. The van der Waals surface area contributed by atoms with Crippen molar-refractivity contribution >= 4 is 41.4 Å². The van der Waals surface area contributed by atoms with Gasteiger partial charge < -0.3 is 19.5 Å². The molecule has 2 heterocycles. The molecule has 0 fully saturated rings. The molecule has 44 heavy (non-hydrogen) atoms. The third kappa shape index (κ3) is 7.21. The molecule has 0 saturated carbocycles. The number of carbonyl (C=O) groups excluding carboxylic acids is 4. The number of amides is 2. The highest BCUT2D eigenvalue weighted by Gasteiger charge is 2.43. The quantitative estimate of drug-likeness (QED) is 0.0971. The number of benzene rings is 2. The van der Waals surface area contributed by atoms with Crippen LogP contribution in [-0.4, -0.2) is 53.9 Å². The Bertz CT molecular complexity index is 1590. The largest absolute Gasteiger partial charge is 0.468 e. The number of nitrogens with zero attached hydrogens (tertiary/aromatic N) is 3. The van der Waals surface area contributed by atoms with Crippen LogP contribution in [0.15, 0.2) is 82.2 Å². The predicted molar refractivity (Wildman–Crippen MR) is 156 cm³/mol. The summed E-state index contributed by atoms with van der Waals surface area (Å²) in [4.78, 5) is 64.4. The van der Waals surface area contributed by atoms with Crippen molar-refractivity contribution in [2.75, 3.05) is 7.11 Å². The summed E-state index contributed by atoms with van der Waals surface area (Å²) in [5.74, 6) is -3.41. The number of methoxy groups -OCH3 is 1. The summed E-state index contributed by atoms with van der Waals surface area (Å²) in [6.45, 7) is 3.15. The summed E-state index contributed by atoms with van der Waals surface area (Å²) in [6, 6.07) is 12.5. The number of rotatable bonds is 11. The first-order valence-electron chi connectivity index (χ1n) is 13.4. The Balaban J connectivity index is 1.55. The van der Waals surface area contributed by atoms with Crippen molar-refractivity contribution in [2.45, 2.75) is 38.8 Å². The second kappa shape index (κ2) is 14.0. The van der Waals surface area contributed by atoms with Gasteiger partial charge in [-0.1, -0.05) is 12.1 Å². The van der Waals surface area contributed by atoms with Crippen LogP contribution in [-0.2, 0) is 28.7 Å². The maximum atomic E-state index is 13.6. The summed E-state index contributed by atoms with van der Waals surface area (Å²) in [6.07, 6.45) is 2.42. The molecule has 2 amide bonds. The SMILES string of the molecule is COC(=O)C1C(C)=NC(C)=C(C(=O)OC(C=COc2ccc(C3=NNC(=O)CC3)cc2)NC=O)C1c1cccc([N+](=O)[O-])c1. The van der Waals surface area contributed by atoms with Crippen LogP contribution >= 0.6 is 0 Å². The van der Waals surface area contributed by atoms with E-state index in [2.05, 4.69) is 20.8 Å². The van der Waals surface area contributed by atoms with E-state index in [-0.39, 0.29) is 22.9 Å². The number of nitro groups is 1. The molecular formula is C30H29N5O9. The first-order chi connectivity index (χ1) is 21.1. The number of non-ortho nitro benzene ring substituents is 1. The van der Waals surface area contributed by atoms with E-state index in [0.717, 1.165) is 11.3 Å². The molecule has 3 atom stereocenters. The Hall–Kier alpha value is -5.66. The third-order valence-electron chi connectivity index (χ3n) is 6.96. The average molecular weight is 604 g/mol. The lowest BCUT2D eigenvalue weighted by molar-refractivity contribution is -0.384. The molecule has 2 aliphatic rings. The number of hydrazone groups is 1. The Morgan fingerprint density at radius 3 is 2.55 bits per heavy atom. The van der Waals surface area contributed by atoms with Gasteiger partial charge in [-0.3, -0.25) is 29.5 Å². The van der Waals surface area contributed by atoms with Crippen LogP contribution in [0, 0.1) is 16.0 Å². The third-order valence-corrected chi connectivity index (χ3v) is 6.96. The van der Waals surface area contributed by atoms with Gasteiger partial charge in [0, 0.05) is 48.4 Å². The van der Waals surface area contributed by atoms with Crippen LogP contribution in [0.5, 0.6) is 5.75 Å². The van der Waals surface area contributed by atoms with Crippen molar-refractivity contribution < 1.29 is 38.3 Å². The molecule has 2 N–H and O–H groups in total. The van der Waals surface area contributed by atoms with E-state index in [1.165, 1.54) is 37.6 Å². The van der Waals surface area contributed by atoms with Crippen molar-refractivity contribution in [3.63, 3.8) is 0 Å². The van der Waals surface area contributed by atoms with Crippen molar-refractivity contribution in [2.24, 2.45) is 16.0 Å². The highest BCUT2D eigenvalue weighted by atomic mass is 16.6. The van der Waals surface area contributed by atoms with Crippen LogP contribution in [0.2, 0.25) is 0 Å². The normalized spacial score (nSPS) is 18.8. The Morgan fingerprint density at radius 1 is 1.16 bits per heavy atom. The zero-order chi connectivity index (χ0) is 31.8. The maximum absolute atomic E-state index is 13.6. The molecule has 4 rings (SSSR count). The van der Waals surface area contributed by atoms with Crippen molar-refractivity contribution in [1.82, 2.24) is 10.7 Å².